The maximum Gasteiger partial charge on any atom is 0.273 e. The van der Waals surface area contributed by atoms with Gasteiger partial charge in [-0.05, 0) is 18.4 Å². The van der Waals surface area contributed by atoms with E-state index >= 15 is 0 Å². The Hall–Kier alpha value is -2.57. The van der Waals surface area contributed by atoms with Crippen molar-refractivity contribution in [2.24, 2.45) is 0 Å². The summed E-state index contributed by atoms with van der Waals surface area (Å²) in [6, 6.07) is 17.8. The molecule has 4 nitrogen and oxygen atoms in total. The van der Waals surface area contributed by atoms with Crippen LogP contribution < -0.4 is 5.32 Å². The van der Waals surface area contributed by atoms with E-state index in [9.17, 15) is 4.79 Å². The van der Waals surface area contributed by atoms with E-state index in [1.54, 1.807) is 11.8 Å². The zero-order valence-corrected chi connectivity index (χ0v) is 15.1. The molecule has 25 heavy (non-hydrogen) atoms. The number of hydrogen-bond donors (Lipinski definition) is 1. The molecule has 1 amide bonds. The Morgan fingerprint density at radius 3 is 2.68 bits per heavy atom. The summed E-state index contributed by atoms with van der Waals surface area (Å²) < 4.78 is 1.85. The van der Waals surface area contributed by atoms with Crippen molar-refractivity contribution in [1.29, 1.82) is 0 Å². The summed E-state index contributed by atoms with van der Waals surface area (Å²) in [5, 5.41) is 4.84. The maximum absolute atomic E-state index is 12.7. The van der Waals surface area contributed by atoms with Gasteiger partial charge in [0.05, 0.1) is 11.4 Å². The molecule has 0 aliphatic heterocycles. The van der Waals surface area contributed by atoms with Gasteiger partial charge in [0, 0.05) is 22.0 Å². The van der Waals surface area contributed by atoms with Crippen LogP contribution in [0.3, 0.4) is 0 Å². The van der Waals surface area contributed by atoms with Crippen LogP contribution in [0.25, 0.3) is 16.2 Å². The van der Waals surface area contributed by atoms with Crippen LogP contribution in [-0.4, -0.2) is 21.5 Å². The minimum Gasteiger partial charge on any atom is -0.320 e. The number of amides is 1. The summed E-state index contributed by atoms with van der Waals surface area (Å²) >= 11 is 3.07. The van der Waals surface area contributed by atoms with Crippen molar-refractivity contribution >= 4 is 39.7 Å². The summed E-state index contributed by atoms with van der Waals surface area (Å²) in [6.07, 6.45) is 3.91. The summed E-state index contributed by atoms with van der Waals surface area (Å²) in [4.78, 5) is 19.2. The third-order valence-electron chi connectivity index (χ3n) is 3.87. The first-order valence-electron chi connectivity index (χ1n) is 7.72. The van der Waals surface area contributed by atoms with Crippen molar-refractivity contribution in [3.63, 3.8) is 0 Å². The fraction of sp³-hybridized carbons (Fsp3) is 0.0526. The van der Waals surface area contributed by atoms with Crippen LogP contribution in [0.5, 0.6) is 0 Å². The molecule has 6 heteroatoms. The Balaban J connectivity index is 1.67. The van der Waals surface area contributed by atoms with E-state index in [1.807, 2.05) is 76.8 Å². The first-order valence-corrected chi connectivity index (χ1v) is 9.83. The number of thiazole rings is 1. The lowest BCUT2D eigenvalue weighted by Gasteiger charge is -2.08. The van der Waals surface area contributed by atoms with Crippen molar-refractivity contribution < 1.29 is 4.79 Å². The Morgan fingerprint density at radius 1 is 1.12 bits per heavy atom. The van der Waals surface area contributed by atoms with Crippen LogP contribution in [0.2, 0.25) is 0 Å². The largest absolute Gasteiger partial charge is 0.320 e. The molecule has 2 heterocycles. The molecule has 0 bridgehead atoms. The number of hydrogen-bond acceptors (Lipinski definition) is 4. The van der Waals surface area contributed by atoms with Crippen LogP contribution in [-0.2, 0) is 0 Å². The number of carbonyl (C=O) groups excluding carboxylic acids is 1. The summed E-state index contributed by atoms with van der Waals surface area (Å²) in [6.45, 7) is 0. The quantitative estimate of drug-likeness (QED) is 0.516. The normalized spacial score (nSPS) is 10.9. The zero-order valence-electron chi connectivity index (χ0n) is 13.5. The molecule has 0 aliphatic rings. The second-order valence-corrected chi connectivity index (χ2v) is 7.10. The highest BCUT2D eigenvalue weighted by Crippen LogP contribution is 2.27. The first-order chi connectivity index (χ1) is 12.3. The number of para-hydroxylation sites is 1. The van der Waals surface area contributed by atoms with E-state index in [4.69, 9.17) is 0 Å². The number of fused-ring (bicyclic) bond motifs is 1. The monoisotopic (exact) mass is 365 g/mol. The Kier molecular flexibility index (Phi) is 4.29. The maximum atomic E-state index is 12.7. The van der Waals surface area contributed by atoms with E-state index in [1.165, 1.54) is 11.3 Å². The molecule has 4 rings (SSSR count). The van der Waals surface area contributed by atoms with Gasteiger partial charge in [0.2, 0.25) is 0 Å². The molecule has 0 aliphatic carbocycles. The minimum atomic E-state index is -0.134. The van der Waals surface area contributed by atoms with E-state index in [-0.39, 0.29) is 5.91 Å². The van der Waals surface area contributed by atoms with Gasteiger partial charge in [0.15, 0.2) is 4.96 Å². The molecule has 0 fully saturated rings. The molecule has 2 aromatic heterocycles. The number of benzene rings is 2. The van der Waals surface area contributed by atoms with Crippen LogP contribution in [0.15, 0.2) is 71.1 Å². The SMILES string of the molecule is CSc1ccccc1NC(=O)c1csc2nc(-c3ccccc3)cn12. The number of nitrogens with zero attached hydrogens (tertiary/aromatic N) is 2. The predicted molar refractivity (Wildman–Crippen MR) is 105 cm³/mol. The average Bonchev–Trinajstić information content (AvgIpc) is 3.23. The lowest BCUT2D eigenvalue weighted by atomic mass is 10.2. The highest BCUT2D eigenvalue weighted by atomic mass is 32.2. The number of thioether (sulfide) groups is 1. The zero-order chi connectivity index (χ0) is 17.2. The van der Waals surface area contributed by atoms with Crippen molar-refractivity contribution in [3.8, 4) is 11.3 Å². The fourth-order valence-corrected chi connectivity index (χ4v) is 4.04. The molecule has 0 radical (unpaired) electrons. The summed E-state index contributed by atoms with van der Waals surface area (Å²) in [5.74, 6) is -0.134. The second kappa shape index (κ2) is 6.74. The molecule has 0 unspecified atom stereocenters. The molecular weight excluding hydrogens is 350 g/mol. The molecule has 1 N–H and O–H groups in total. The van der Waals surface area contributed by atoms with Gasteiger partial charge in [-0.1, -0.05) is 42.5 Å². The highest BCUT2D eigenvalue weighted by Gasteiger charge is 2.16. The number of nitrogens with one attached hydrogen (secondary N) is 1. The van der Waals surface area contributed by atoms with Crippen LogP contribution in [0.1, 0.15) is 10.5 Å². The molecule has 0 saturated heterocycles. The number of carbonyl (C=O) groups is 1. The number of anilines is 1. The number of rotatable bonds is 4. The highest BCUT2D eigenvalue weighted by molar-refractivity contribution is 7.98. The standard InChI is InChI=1S/C19H15N3OS2/c1-24-17-10-6-5-9-14(17)20-18(23)16-12-25-19-21-15(11-22(16)19)13-7-3-2-4-8-13/h2-12H,1H3,(H,20,23). The van der Waals surface area contributed by atoms with Gasteiger partial charge in [-0.15, -0.1) is 23.1 Å². The van der Waals surface area contributed by atoms with Gasteiger partial charge in [0.25, 0.3) is 5.91 Å². The third kappa shape index (κ3) is 3.06. The van der Waals surface area contributed by atoms with E-state index in [0.29, 0.717) is 5.69 Å². The topological polar surface area (TPSA) is 46.4 Å². The number of imidazole rings is 1. The lowest BCUT2D eigenvalue weighted by molar-refractivity contribution is 0.102. The summed E-state index contributed by atoms with van der Waals surface area (Å²) in [7, 11) is 0. The van der Waals surface area contributed by atoms with Gasteiger partial charge in [0.1, 0.15) is 5.69 Å². The van der Waals surface area contributed by atoms with E-state index in [0.717, 1.165) is 26.8 Å². The average molecular weight is 365 g/mol. The van der Waals surface area contributed by atoms with E-state index in [2.05, 4.69) is 10.3 Å². The Labute approximate surface area is 153 Å². The molecule has 2 aromatic carbocycles. The molecule has 0 atom stereocenters. The van der Waals surface area contributed by atoms with Crippen LogP contribution in [0, 0.1) is 0 Å². The molecule has 4 aromatic rings. The third-order valence-corrected chi connectivity index (χ3v) is 5.50. The van der Waals surface area contributed by atoms with Gasteiger partial charge in [-0.2, -0.15) is 0 Å². The minimum absolute atomic E-state index is 0.134. The van der Waals surface area contributed by atoms with Crippen molar-refractivity contribution in [3.05, 3.63) is 71.9 Å². The van der Waals surface area contributed by atoms with E-state index < -0.39 is 0 Å². The predicted octanol–water partition coefficient (Wildman–Crippen LogP) is 5.04. The smallest absolute Gasteiger partial charge is 0.273 e. The van der Waals surface area contributed by atoms with Crippen molar-refractivity contribution in [2.75, 3.05) is 11.6 Å². The van der Waals surface area contributed by atoms with Crippen molar-refractivity contribution in [1.82, 2.24) is 9.38 Å². The fourth-order valence-electron chi connectivity index (χ4n) is 2.63. The lowest BCUT2D eigenvalue weighted by Crippen LogP contribution is -2.14. The van der Waals surface area contributed by atoms with Crippen molar-refractivity contribution in [2.45, 2.75) is 4.90 Å². The molecular formula is C19H15N3OS2. The van der Waals surface area contributed by atoms with Gasteiger partial charge < -0.3 is 5.32 Å². The Bertz CT molecular complexity index is 1040. The van der Waals surface area contributed by atoms with Crippen LogP contribution in [0.4, 0.5) is 5.69 Å². The molecule has 0 saturated carbocycles. The number of aromatic nitrogens is 2. The van der Waals surface area contributed by atoms with Crippen LogP contribution >= 0.6 is 23.1 Å². The summed E-state index contributed by atoms with van der Waals surface area (Å²) in [5.41, 5.74) is 3.32. The molecule has 124 valence electrons. The van der Waals surface area contributed by atoms with Gasteiger partial charge in [-0.25, -0.2) is 4.98 Å². The van der Waals surface area contributed by atoms with Gasteiger partial charge >= 0.3 is 0 Å². The molecule has 0 spiro atoms. The Morgan fingerprint density at radius 2 is 1.88 bits per heavy atom. The van der Waals surface area contributed by atoms with Gasteiger partial charge in [-0.3, -0.25) is 9.20 Å². The first kappa shape index (κ1) is 15.9. The second-order valence-electron chi connectivity index (χ2n) is 5.42.